The van der Waals surface area contributed by atoms with E-state index in [9.17, 15) is 4.79 Å². The number of ketones is 1. The van der Waals surface area contributed by atoms with Gasteiger partial charge in [-0.3, -0.25) is 4.79 Å². The first-order valence-electron chi connectivity index (χ1n) is 5.66. The molecule has 0 atom stereocenters. The fourth-order valence-corrected chi connectivity index (χ4v) is 4.06. The summed E-state index contributed by atoms with van der Waals surface area (Å²) in [5.41, 5.74) is 1.07. The van der Waals surface area contributed by atoms with Gasteiger partial charge in [-0.1, -0.05) is 22.0 Å². The Morgan fingerprint density at radius 1 is 1.16 bits per heavy atom. The average molecular weight is 399 g/mol. The number of aromatic nitrogens is 1. The Kier molecular flexibility index (Phi) is 3.60. The van der Waals surface area contributed by atoms with E-state index in [0.29, 0.717) is 6.54 Å². The maximum Gasteiger partial charge on any atom is 0.193 e. The number of Topliss-reactive ketones (excluding diaryl/α,β-unsaturated/α-hetero) is 1. The molecule has 3 rings (SSSR count). The van der Waals surface area contributed by atoms with Crippen molar-refractivity contribution in [3.63, 3.8) is 0 Å². The first kappa shape index (κ1) is 13.1. The molecular formula is C14H9Br2NOS. The molecule has 0 aliphatic rings. The summed E-state index contributed by atoms with van der Waals surface area (Å²) in [6.07, 6.45) is 1.95. The lowest BCUT2D eigenvalue weighted by Gasteiger charge is -2.04. The van der Waals surface area contributed by atoms with E-state index >= 15 is 0 Å². The second kappa shape index (κ2) is 5.23. The highest BCUT2D eigenvalue weighted by atomic mass is 79.9. The number of halogens is 2. The first-order chi connectivity index (χ1) is 9.16. The van der Waals surface area contributed by atoms with Crippen LogP contribution in [-0.2, 0) is 6.54 Å². The second-order valence-corrected chi connectivity index (χ2v) is 6.76. The van der Waals surface area contributed by atoms with Crippen LogP contribution < -0.4 is 0 Å². The highest BCUT2D eigenvalue weighted by Gasteiger charge is 2.13. The van der Waals surface area contributed by atoms with Crippen LogP contribution >= 0.6 is 43.2 Å². The van der Waals surface area contributed by atoms with E-state index in [1.807, 2.05) is 46.5 Å². The smallest absolute Gasteiger partial charge is 0.193 e. The second-order valence-electron chi connectivity index (χ2n) is 4.14. The molecule has 96 valence electrons. The van der Waals surface area contributed by atoms with Crippen molar-refractivity contribution in [2.24, 2.45) is 0 Å². The number of rotatable bonds is 3. The molecule has 5 heteroatoms. The van der Waals surface area contributed by atoms with E-state index in [4.69, 9.17) is 0 Å². The molecule has 0 amide bonds. The minimum atomic E-state index is 0.124. The van der Waals surface area contributed by atoms with Crippen LogP contribution in [-0.4, -0.2) is 10.4 Å². The predicted molar refractivity (Wildman–Crippen MR) is 86.0 cm³/mol. The largest absolute Gasteiger partial charge is 0.340 e. The SMILES string of the molecule is O=C(Cn1ccc2c(Br)cccc21)c1sccc1Br. The Hall–Kier alpha value is -0.910. The fourth-order valence-electron chi connectivity index (χ4n) is 2.04. The number of carbonyl (C=O) groups is 1. The zero-order valence-corrected chi connectivity index (χ0v) is 13.8. The van der Waals surface area contributed by atoms with Gasteiger partial charge in [0.15, 0.2) is 5.78 Å². The number of thiophene rings is 1. The highest BCUT2D eigenvalue weighted by molar-refractivity contribution is 9.11. The van der Waals surface area contributed by atoms with Crippen molar-refractivity contribution >= 4 is 59.9 Å². The van der Waals surface area contributed by atoms with Crippen LogP contribution in [0, 0.1) is 0 Å². The summed E-state index contributed by atoms with van der Waals surface area (Å²) >= 11 is 8.40. The van der Waals surface area contributed by atoms with Gasteiger partial charge in [-0.05, 0) is 45.6 Å². The number of benzene rings is 1. The van der Waals surface area contributed by atoms with Gasteiger partial charge in [0.2, 0.25) is 0 Å². The van der Waals surface area contributed by atoms with Gasteiger partial charge < -0.3 is 4.57 Å². The van der Waals surface area contributed by atoms with E-state index in [2.05, 4.69) is 31.9 Å². The maximum atomic E-state index is 12.3. The van der Waals surface area contributed by atoms with E-state index in [1.165, 1.54) is 11.3 Å². The molecule has 0 spiro atoms. The van der Waals surface area contributed by atoms with Crippen LogP contribution in [0.1, 0.15) is 9.67 Å². The van der Waals surface area contributed by atoms with Gasteiger partial charge in [0.05, 0.1) is 11.4 Å². The summed E-state index contributed by atoms with van der Waals surface area (Å²) in [6.45, 7) is 0.360. The van der Waals surface area contributed by atoms with E-state index in [0.717, 1.165) is 24.7 Å². The Balaban J connectivity index is 1.96. The molecule has 0 fully saturated rings. The molecule has 0 saturated heterocycles. The molecule has 0 N–H and O–H groups in total. The van der Waals surface area contributed by atoms with Gasteiger partial charge in [-0.25, -0.2) is 0 Å². The van der Waals surface area contributed by atoms with Gasteiger partial charge in [0.25, 0.3) is 0 Å². The molecule has 3 aromatic rings. The minimum Gasteiger partial charge on any atom is -0.340 e. The molecule has 2 nitrogen and oxygen atoms in total. The molecular weight excluding hydrogens is 390 g/mol. The predicted octanol–water partition coefficient (Wildman–Crippen LogP) is 5.11. The van der Waals surface area contributed by atoms with E-state index in [1.54, 1.807) is 0 Å². The molecule has 0 aliphatic carbocycles. The van der Waals surface area contributed by atoms with Crippen LogP contribution in [0.25, 0.3) is 10.9 Å². The number of hydrogen-bond acceptors (Lipinski definition) is 2. The van der Waals surface area contributed by atoms with Crippen molar-refractivity contribution in [1.82, 2.24) is 4.57 Å². The monoisotopic (exact) mass is 397 g/mol. The van der Waals surface area contributed by atoms with Crippen molar-refractivity contribution < 1.29 is 4.79 Å². The first-order valence-corrected chi connectivity index (χ1v) is 8.13. The van der Waals surface area contributed by atoms with Gasteiger partial charge in [0.1, 0.15) is 0 Å². The summed E-state index contributed by atoms with van der Waals surface area (Å²) in [4.78, 5) is 13.0. The summed E-state index contributed by atoms with van der Waals surface area (Å²) in [5, 5.41) is 3.04. The van der Waals surface area contributed by atoms with Crippen molar-refractivity contribution in [2.75, 3.05) is 0 Å². The Labute approximate surface area is 131 Å². The van der Waals surface area contributed by atoms with Crippen LogP contribution in [0.4, 0.5) is 0 Å². The molecule has 2 aromatic heterocycles. The Morgan fingerprint density at radius 2 is 2.00 bits per heavy atom. The maximum absolute atomic E-state index is 12.3. The lowest BCUT2D eigenvalue weighted by atomic mass is 10.2. The number of nitrogens with zero attached hydrogens (tertiary/aromatic N) is 1. The van der Waals surface area contributed by atoms with E-state index < -0.39 is 0 Å². The zero-order valence-electron chi connectivity index (χ0n) is 9.77. The molecule has 0 radical (unpaired) electrons. The summed E-state index contributed by atoms with van der Waals surface area (Å²) in [6, 6.07) is 9.94. The van der Waals surface area contributed by atoms with E-state index in [-0.39, 0.29) is 5.78 Å². The van der Waals surface area contributed by atoms with Crippen LogP contribution in [0.5, 0.6) is 0 Å². The summed E-state index contributed by atoms with van der Waals surface area (Å²) < 4.78 is 3.91. The summed E-state index contributed by atoms with van der Waals surface area (Å²) in [5.74, 6) is 0.124. The number of carbonyl (C=O) groups excluding carboxylic acids is 1. The van der Waals surface area contributed by atoms with Crippen molar-refractivity contribution in [3.05, 3.63) is 55.7 Å². The van der Waals surface area contributed by atoms with Crippen molar-refractivity contribution in [1.29, 1.82) is 0 Å². The van der Waals surface area contributed by atoms with Crippen molar-refractivity contribution in [3.8, 4) is 0 Å². The highest BCUT2D eigenvalue weighted by Crippen LogP contribution is 2.27. The standard InChI is InChI=1S/C14H9Br2NOS/c15-10-2-1-3-12-9(10)4-6-17(12)8-13(18)14-11(16)5-7-19-14/h1-7H,8H2. The molecule has 2 heterocycles. The third-order valence-electron chi connectivity index (χ3n) is 2.94. The quantitative estimate of drug-likeness (QED) is 0.561. The molecule has 19 heavy (non-hydrogen) atoms. The van der Waals surface area contributed by atoms with Crippen LogP contribution in [0.15, 0.2) is 50.9 Å². The van der Waals surface area contributed by atoms with Gasteiger partial charge in [0, 0.05) is 26.0 Å². The summed E-state index contributed by atoms with van der Waals surface area (Å²) in [7, 11) is 0. The van der Waals surface area contributed by atoms with Crippen molar-refractivity contribution in [2.45, 2.75) is 6.54 Å². The lowest BCUT2D eigenvalue weighted by Crippen LogP contribution is -2.08. The Morgan fingerprint density at radius 3 is 2.74 bits per heavy atom. The normalized spacial score (nSPS) is 11.1. The number of fused-ring (bicyclic) bond motifs is 1. The third-order valence-corrected chi connectivity index (χ3v) is 5.52. The molecule has 0 aliphatic heterocycles. The van der Waals surface area contributed by atoms with Gasteiger partial charge in [-0.15, -0.1) is 11.3 Å². The molecule has 0 bridgehead atoms. The Bertz CT molecular complexity index is 760. The van der Waals surface area contributed by atoms with Crippen LogP contribution in [0.2, 0.25) is 0 Å². The zero-order chi connectivity index (χ0) is 13.4. The lowest BCUT2D eigenvalue weighted by molar-refractivity contribution is 0.0977. The molecule has 1 aromatic carbocycles. The molecule has 0 unspecified atom stereocenters. The van der Waals surface area contributed by atoms with Gasteiger partial charge in [-0.2, -0.15) is 0 Å². The van der Waals surface area contributed by atoms with Gasteiger partial charge >= 0.3 is 0 Å². The third kappa shape index (κ3) is 2.42. The molecule has 0 saturated carbocycles. The average Bonchev–Trinajstić information content (AvgIpc) is 2.97. The van der Waals surface area contributed by atoms with Crippen LogP contribution in [0.3, 0.4) is 0 Å². The minimum absolute atomic E-state index is 0.124. The number of hydrogen-bond donors (Lipinski definition) is 0. The fraction of sp³-hybridized carbons (Fsp3) is 0.0714. The topological polar surface area (TPSA) is 22.0 Å².